The van der Waals surface area contributed by atoms with Crippen molar-refractivity contribution in [3.8, 4) is 0 Å². The molecule has 1 rings (SSSR count). The third-order valence-corrected chi connectivity index (χ3v) is 3.75. The predicted molar refractivity (Wildman–Crippen MR) is 83.4 cm³/mol. The first-order valence-electron chi connectivity index (χ1n) is 7.18. The Hall–Kier alpha value is -1.88. The zero-order valence-electron chi connectivity index (χ0n) is 13.1. The summed E-state index contributed by atoms with van der Waals surface area (Å²) in [6.45, 7) is 7.75. The Labute approximate surface area is 125 Å². The van der Waals surface area contributed by atoms with Crippen LogP contribution in [0.15, 0.2) is 18.2 Å². The van der Waals surface area contributed by atoms with E-state index in [4.69, 9.17) is 5.11 Å². The summed E-state index contributed by atoms with van der Waals surface area (Å²) < 4.78 is 0. The molecule has 3 N–H and O–H groups in total. The molecule has 5 heteroatoms. The van der Waals surface area contributed by atoms with Gasteiger partial charge in [-0.15, -0.1) is 0 Å². The van der Waals surface area contributed by atoms with Crippen LogP contribution in [0.4, 0.5) is 5.69 Å². The number of carbonyl (C=O) groups excluding carboxylic acids is 1. The number of aliphatic carboxylic acids is 1. The molecular weight excluding hydrogens is 268 g/mol. The number of amides is 1. The molecule has 0 aliphatic rings. The molecule has 0 aliphatic heterocycles. The Bertz CT molecular complexity index is 514. The maximum Gasteiger partial charge on any atom is 0.320 e. The second-order valence-electron chi connectivity index (χ2n) is 5.43. The predicted octanol–water partition coefficient (Wildman–Crippen LogP) is 2.33. The van der Waals surface area contributed by atoms with Crippen molar-refractivity contribution in [3.05, 3.63) is 29.3 Å². The lowest BCUT2D eigenvalue weighted by atomic mass is 9.99. The normalized spacial score (nSPS) is 13.5. The van der Waals surface area contributed by atoms with Gasteiger partial charge in [0.2, 0.25) is 5.91 Å². The molecule has 0 fully saturated rings. The summed E-state index contributed by atoms with van der Waals surface area (Å²) in [6, 6.07) is 4.97. The first-order chi connectivity index (χ1) is 9.85. The fourth-order valence-corrected chi connectivity index (χ4v) is 1.99. The van der Waals surface area contributed by atoms with Gasteiger partial charge in [-0.2, -0.15) is 0 Å². The Balaban J connectivity index is 2.56. The second kappa shape index (κ2) is 7.78. The van der Waals surface area contributed by atoms with E-state index in [0.29, 0.717) is 0 Å². The van der Waals surface area contributed by atoms with Crippen molar-refractivity contribution in [1.29, 1.82) is 0 Å². The lowest BCUT2D eigenvalue weighted by Crippen LogP contribution is -2.45. The Morgan fingerprint density at radius 1 is 1.24 bits per heavy atom. The SMILES string of the molecule is CC[C@H](C)[C@H](NCC(=O)Nc1ccc(C)c(C)c1)C(=O)O. The molecule has 5 nitrogen and oxygen atoms in total. The number of aryl methyl sites for hydroxylation is 2. The summed E-state index contributed by atoms with van der Waals surface area (Å²) in [5.74, 6) is -1.20. The van der Waals surface area contributed by atoms with Crippen LogP contribution in [0, 0.1) is 19.8 Å². The smallest absolute Gasteiger partial charge is 0.320 e. The number of hydrogen-bond acceptors (Lipinski definition) is 3. The fourth-order valence-electron chi connectivity index (χ4n) is 1.99. The molecule has 1 amide bonds. The van der Waals surface area contributed by atoms with Gasteiger partial charge in [-0.25, -0.2) is 0 Å². The number of nitrogens with one attached hydrogen (secondary N) is 2. The molecule has 0 aliphatic carbocycles. The van der Waals surface area contributed by atoms with E-state index >= 15 is 0 Å². The number of benzene rings is 1. The van der Waals surface area contributed by atoms with Crippen molar-refractivity contribution in [3.63, 3.8) is 0 Å². The van der Waals surface area contributed by atoms with Gasteiger partial charge in [0.1, 0.15) is 6.04 Å². The van der Waals surface area contributed by atoms with E-state index in [1.165, 1.54) is 0 Å². The standard InChI is InChI=1S/C16H24N2O3/c1-5-10(2)15(16(20)21)17-9-14(19)18-13-7-6-11(3)12(4)8-13/h6-8,10,15,17H,5,9H2,1-4H3,(H,18,19)(H,20,21)/t10-,15-/m0/s1. The van der Waals surface area contributed by atoms with Crippen LogP contribution in [0.5, 0.6) is 0 Å². The number of carboxylic acid groups (broad SMARTS) is 1. The minimum atomic E-state index is -0.927. The van der Waals surface area contributed by atoms with E-state index in [1.54, 1.807) is 0 Å². The highest BCUT2D eigenvalue weighted by Crippen LogP contribution is 2.14. The van der Waals surface area contributed by atoms with Crippen molar-refractivity contribution in [2.45, 2.75) is 40.2 Å². The van der Waals surface area contributed by atoms with E-state index in [2.05, 4.69) is 10.6 Å². The van der Waals surface area contributed by atoms with Crippen LogP contribution >= 0.6 is 0 Å². The van der Waals surface area contributed by atoms with Crippen molar-refractivity contribution < 1.29 is 14.7 Å². The van der Waals surface area contributed by atoms with Crippen molar-refractivity contribution in [2.75, 3.05) is 11.9 Å². The highest BCUT2D eigenvalue weighted by atomic mass is 16.4. The quantitative estimate of drug-likeness (QED) is 0.720. The number of carboxylic acids is 1. The van der Waals surface area contributed by atoms with Gasteiger partial charge in [-0.1, -0.05) is 26.3 Å². The van der Waals surface area contributed by atoms with Crippen LogP contribution in [0.25, 0.3) is 0 Å². The van der Waals surface area contributed by atoms with Crippen LogP contribution in [-0.2, 0) is 9.59 Å². The minimum Gasteiger partial charge on any atom is -0.480 e. The van der Waals surface area contributed by atoms with Crippen molar-refractivity contribution >= 4 is 17.6 Å². The van der Waals surface area contributed by atoms with Gasteiger partial charge in [0.25, 0.3) is 0 Å². The van der Waals surface area contributed by atoms with Crippen LogP contribution < -0.4 is 10.6 Å². The first kappa shape index (κ1) is 17.2. The lowest BCUT2D eigenvalue weighted by Gasteiger charge is -2.19. The van der Waals surface area contributed by atoms with E-state index in [9.17, 15) is 9.59 Å². The Kier molecular flexibility index (Phi) is 6.37. The van der Waals surface area contributed by atoms with Crippen LogP contribution in [-0.4, -0.2) is 29.6 Å². The number of rotatable bonds is 7. The monoisotopic (exact) mass is 292 g/mol. The Morgan fingerprint density at radius 3 is 2.43 bits per heavy atom. The van der Waals surface area contributed by atoms with E-state index in [-0.39, 0.29) is 18.4 Å². The van der Waals surface area contributed by atoms with Gasteiger partial charge in [-0.3, -0.25) is 14.9 Å². The van der Waals surface area contributed by atoms with Gasteiger partial charge in [-0.05, 0) is 43.0 Å². The largest absolute Gasteiger partial charge is 0.480 e. The molecule has 0 unspecified atom stereocenters. The zero-order chi connectivity index (χ0) is 16.0. The minimum absolute atomic E-state index is 0.0196. The summed E-state index contributed by atoms with van der Waals surface area (Å²) in [7, 11) is 0. The zero-order valence-corrected chi connectivity index (χ0v) is 13.1. The lowest BCUT2D eigenvalue weighted by molar-refractivity contribution is -0.140. The van der Waals surface area contributed by atoms with Crippen molar-refractivity contribution in [2.24, 2.45) is 5.92 Å². The molecule has 0 heterocycles. The summed E-state index contributed by atoms with van der Waals surface area (Å²) in [6.07, 6.45) is 0.739. The molecule has 0 aromatic heterocycles. The number of anilines is 1. The Morgan fingerprint density at radius 2 is 1.90 bits per heavy atom. The molecule has 0 bridgehead atoms. The molecule has 1 aromatic carbocycles. The molecule has 1 aromatic rings. The molecular formula is C16H24N2O3. The maximum absolute atomic E-state index is 11.9. The van der Waals surface area contributed by atoms with E-state index in [0.717, 1.165) is 23.2 Å². The first-order valence-corrected chi connectivity index (χ1v) is 7.18. The topological polar surface area (TPSA) is 78.4 Å². The highest BCUT2D eigenvalue weighted by molar-refractivity contribution is 5.92. The molecule has 0 spiro atoms. The van der Waals surface area contributed by atoms with Crippen LogP contribution in [0.1, 0.15) is 31.4 Å². The third-order valence-electron chi connectivity index (χ3n) is 3.75. The molecule has 21 heavy (non-hydrogen) atoms. The maximum atomic E-state index is 11.9. The molecule has 116 valence electrons. The highest BCUT2D eigenvalue weighted by Gasteiger charge is 2.23. The summed E-state index contributed by atoms with van der Waals surface area (Å²) in [4.78, 5) is 23.0. The van der Waals surface area contributed by atoms with Gasteiger partial charge in [0, 0.05) is 5.69 Å². The fraction of sp³-hybridized carbons (Fsp3) is 0.500. The van der Waals surface area contributed by atoms with Gasteiger partial charge in [0.05, 0.1) is 6.54 Å². The summed E-state index contributed by atoms with van der Waals surface area (Å²) >= 11 is 0. The molecule has 0 saturated heterocycles. The van der Waals surface area contributed by atoms with Gasteiger partial charge in [0.15, 0.2) is 0 Å². The van der Waals surface area contributed by atoms with Crippen LogP contribution in [0.3, 0.4) is 0 Å². The molecule has 2 atom stereocenters. The average molecular weight is 292 g/mol. The number of hydrogen-bond donors (Lipinski definition) is 3. The summed E-state index contributed by atoms with van der Waals surface area (Å²) in [5, 5.41) is 14.7. The average Bonchev–Trinajstić information content (AvgIpc) is 2.42. The second-order valence-corrected chi connectivity index (χ2v) is 5.43. The van der Waals surface area contributed by atoms with Crippen LogP contribution in [0.2, 0.25) is 0 Å². The van der Waals surface area contributed by atoms with Gasteiger partial charge < -0.3 is 10.4 Å². The summed E-state index contributed by atoms with van der Waals surface area (Å²) in [5.41, 5.74) is 2.98. The van der Waals surface area contributed by atoms with E-state index in [1.807, 2.05) is 45.9 Å². The number of carbonyl (C=O) groups is 2. The molecule has 0 saturated carbocycles. The third kappa shape index (κ3) is 5.19. The van der Waals surface area contributed by atoms with Crippen molar-refractivity contribution in [1.82, 2.24) is 5.32 Å². The molecule has 0 radical (unpaired) electrons. The van der Waals surface area contributed by atoms with E-state index < -0.39 is 12.0 Å². The van der Waals surface area contributed by atoms with Gasteiger partial charge >= 0.3 is 5.97 Å².